The van der Waals surface area contributed by atoms with E-state index < -0.39 is 11.0 Å². The number of thioether (sulfide) groups is 1. The molecule has 0 saturated heterocycles. The van der Waals surface area contributed by atoms with Crippen LogP contribution in [-0.4, -0.2) is 9.19 Å². The number of nitrogens with zero attached hydrogens (tertiary/aromatic N) is 1. The smallest absolute Gasteiger partial charge is 0.212 e. The number of pyridine rings is 1. The van der Waals surface area contributed by atoms with Gasteiger partial charge in [0.05, 0.1) is 11.4 Å². The monoisotopic (exact) mass is 429 g/mol. The van der Waals surface area contributed by atoms with E-state index in [9.17, 15) is 4.21 Å². The van der Waals surface area contributed by atoms with Crippen molar-refractivity contribution in [2.45, 2.75) is 15.7 Å². The molecule has 142 valence electrons. The van der Waals surface area contributed by atoms with Crippen LogP contribution in [0.5, 0.6) is 0 Å². The topological polar surface area (TPSA) is 81.1 Å². The molecule has 0 aliphatic heterocycles. The number of furan rings is 1. The highest BCUT2D eigenvalue weighted by Gasteiger charge is 2.14. The van der Waals surface area contributed by atoms with Gasteiger partial charge < -0.3 is 10.2 Å². The predicted molar refractivity (Wildman–Crippen MR) is 116 cm³/mol. The lowest BCUT2D eigenvalue weighted by atomic mass is 10.3. The van der Waals surface area contributed by atoms with Crippen LogP contribution in [0, 0.1) is 0 Å². The Morgan fingerprint density at radius 1 is 1.11 bits per heavy atom. The summed E-state index contributed by atoms with van der Waals surface area (Å²) >= 11 is 7.70. The van der Waals surface area contributed by atoms with Gasteiger partial charge in [-0.3, -0.25) is 4.72 Å². The minimum absolute atomic E-state index is 0.356. The Bertz CT molecular complexity index is 1130. The van der Waals surface area contributed by atoms with Gasteiger partial charge in [-0.05, 0) is 36.4 Å². The second kappa shape index (κ2) is 8.26. The summed E-state index contributed by atoms with van der Waals surface area (Å²) in [6.07, 6.45) is 0. The van der Waals surface area contributed by atoms with E-state index in [1.54, 1.807) is 36.0 Å². The van der Waals surface area contributed by atoms with Gasteiger partial charge in [0.25, 0.3) is 0 Å². The van der Waals surface area contributed by atoms with E-state index in [4.69, 9.17) is 21.8 Å². The van der Waals surface area contributed by atoms with Crippen molar-refractivity contribution in [1.29, 1.82) is 0 Å². The quantitative estimate of drug-likeness (QED) is 0.396. The molecule has 0 saturated carbocycles. The van der Waals surface area contributed by atoms with Gasteiger partial charge in [0.2, 0.25) is 5.09 Å². The Morgan fingerprint density at radius 3 is 2.79 bits per heavy atom. The molecule has 0 spiro atoms. The zero-order valence-corrected chi connectivity index (χ0v) is 17.0. The summed E-state index contributed by atoms with van der Waals surface area (Å²) in [7, 11) is -1.56. The molecular weight excluding hydrogens is 414 g/mol. The Kier molecular flexibility index (Phi) is 5.57. The van der Waals surface area contributed by atoms with E-state index in [0.717, 1.165) is 16.0 Å². The largest absolute Gasteiger partial charge is 0.445 e. The molecule has 0 aliphatic carbocycles. The standard InChI is InChI=1S/C20H16ClN3O2S2/c21-14-8-9-18(27-12-15-5-3-7-19(22)23-15)16(11-14)24-28(25)20-10-13-4-1-2-6-17(13)26-20/h1-11,24H,12H2,(H2,22,23). The molecule has 1 unspecified atom stereocenters. The molecule has 3 N–H and O–H groups in total. The van der Waals surface area contributed by atoms with Gasteiger partial charge in [0.1, 0.15) is 11.4 Å². The summed E-state index contributed by atoms with van der Waals surface area (Å²) < 4.78 is 21.5. The number of nitrogens with one attached hydrogen (secondary N) is 1. The maximum Gasteiger partial charge on any atom is 0.212 e. The van der Waals surface area contributed by atoms with E-state index in [1.165, 1.54) is 0 Å². The maximum atomic E-state index is 12.8. The SMILES string of the molecule is Nc1cccc(CSc2ccc(Cl)cc2NS(=O)c2cc3ccccc3o2)n1. The molecular formula is C20H16ClN3O2S2. The molecule has 2 aromatic heterocycles. The third-order valence-corrected chi connectivity index (χ3v) is 6.25. The van der Waals surface area contributed by atoms with Crippen LogP contribution < -0.4 is 10.5 Å². The van der Waals surface area contributed by atoms with Gasteiger partial charge in [-0.1, -0.05) is 35.9 Å². The van der Waals surface area contributed by atoms with Crippen LogP contribution >= 0.6 is 23.4 Å². The highest BCUT2D eigenvalue weighted by atomic mass is 35.5. The number of fused-ring (bicyclic) bond motifs is 1. The van der Waals surface area contributed by atoms with Gasteiger partial charge >= 0.3 is 0 Å². The summed E-state index contributed by atoms with van der Waals surface area (Å²) in [6.45, 7) is 0. The predicted octanol–water partition coefficient (Wildman–Crippen LogP) is 5.49. The van der Waals surface area contributed by atoms with Crippen molar-refractivity contribution in [3.63, 3.8) is 0 Å². The van der Waals surface area contributed by atoms with E-state index in [-0.39, 0.29) is 0 Å². The zero-order valence-electron chi connectivity index (χ0n) is 14.6. The molecule has 5 nitrogen and oxygen atoms in total. The number of hydrogen-bond acceptors (Lipinski definition) is 5. The number of nitrogens with two attached hydrogens (primary N) is 1. The Labute approximate surface area is 173 Å². The lowest BCUT2D eigenvalue weighted by Crippen LogP contribution is -2.05. The normalized spacial score (nSPS) is 12.2. The molecule has 2 aromatic carbocycles. The molecule has 8 heteroatoms. The molecule has 0 aliphatic rings. The Balaban J connectivity index is 1.54. The number of aromatic nitrogens is 1. The summed E-state index contributed by atoms with van der Waals surface area (Å²) in [6, 6.07) is 20.3. The van der Waals surface area contributed by atoms with Crippen molar-refractivity contribution in [3.8, 4) is 0 Å². The zero-order chi connectivity index (χ0) is 19.5. The van der Waals surface area contributed by atoms with Crippen molar-refractivity contribution < 1.29 is 8.63 Å². The molecule has 2 heterocycles. The number of halogens is 1. The average Bonchev–Trinajstić information content (AvgIpc) is 3.12. The number of nitrogen functional groups attached to an aromatic ring is 1. The third kappa shape index (κ3) is 4.32. The molecule has 28 heavy (non-hydrogen) atoms. The summed E-state index contributed by atoms with van der Waals surface area (Å²) in [5.41, 5.74) is 7.97. The van der Waals surface area contributed by atoms with Gasteiger partial charge in [-0.15, -0.1) is 11.8 Å². The minimum atomic E-state index is -1.56. The minimum Gasteiger partial charge on any atom is -0.445 e. The number of rotatable bonds is 6. The van der Waals surface area contributed by atoms with Crippen molar-refractivity contribution >= 4 is 56.8 Å². The highest BCUT2D eigenvalue weighted by molar-refractivity contribution is 7.98. The third-order valence-electron chi connectivity index (χ3n) is 3.93. The molecule has 0 bridgehead atoms. The van der Waals surface area contributed by atoms with E-state index in [0.29, 0.717) is 33.0 Å². The average molecular weight is 430 g/mol. The fourth-order valence-corrected chi connectivity index (χ4v) is 4.64. The molecule has 0 radical (unpaired) electrons. The number of para-hydroxylation sites is 1. The Morgan fingerprint density at radius 2 is 1.96 bits per heavy atom. The van der Waals surface area contributed by atoms with E-state index in [1.807, 2.05) is 42.5 Å². The van der Waals surface area contributed by atoms with Crippen molar-refractivity contribution in [2.75, 3.05) is 10.5 Å². The van der Waals surface area contributed by atoms with Crippen molar-refractivity contribution in [1.82, 2.24) is 4.98 Å². The van der Waals surface area contributed by atoms with E-state index >= 15 is 0 Å². The number of benzene rings is 2. The second-order valence-electron chi connectivity index (χ2n) is 5.96. The van der Waals surface area contributed by atoms with Crippen LogP contribution in [0.25, 0.3) is 11.0 Å². The fraction of sp³-hybridized carbons (Fsp3) is 0.0500. The van der Waals surface area contributed by atoms with Crippen LogP contribution in [0.2, 0.25) is 5.02 Å². The van der Waals surface area contributed by atoms with Crippen LogP contribution in [0.15, 0.2) is 81.1 Å². The summed E-state index contributed by atoms with van der Waals surface area (Å²) in [5, 5.41) is 1.81. The first kappa shape index (κ1) is 18.9. The second-order valence-corrected chi connectivity index (χ2v) is 8.55. The first-order valence-electron chi connectivity index (χ1n) is 8.39. The first-order chi connectivity index (χ1) is 13.6. The Hall–Kier alpha value is -2.48. The number of anilines is 2. The van der Waals surface area contributed by atoms with Crippen LogP contribution in [-0.2, 0) is 16.7 Å². The van der Waals surface area contributed by atoms with Crippen LogP contribution in [0.1, 0.15) is 5.69 Å². The van der Waals surface area contributed by atoms with Crippen molar-refractivity contribution in [2.24, 2.45) is 0 Å². The van der Waals surface area contributed by atoms with Gasteiger partial charge in [-0.2, -0.15) is 0 Å². The van der Waals surface area contributed by atoms with E-state index in [2.05, 4.69) is 9.71 Å². The fourth-order valence-electron chi connectivity index (χ4n) is 2.64. The summed E-state index contributed by atoms with van der Waals surface area (Å²) in [5.74, 6) is 1.11. The van der Waals surface area contributed by atoms with Gasteiger partial charge in [0.15, 0.2) is 11.0 Å². The summed E-state index contributed by atoms with van der Waals surface area (Å²) in [4.78, 5) is 5.20. The molecule has 1 atom stereocenters. The highest BCUT2D eigenvalue weighted by Crippen LogP contribution is 2.33. The molecule has 0 amide bonds. The first-order valence-corrected chi connectivity index (χ1v) is 10.9. The van der Waals surface area contributed by atoms with Gasteiger partial charge in [0, 0.05) is 27.1 Å². The van der Waals surface area contributed by atoms with Crippen molar-refractivity contribution in [3.05, 3.63) is 77.4 Å². The lowest BCUT2D eigenvalue weighted by molar-refractivity contribution is 0.504. The molecule has 0 fully saturated rings. The lowest BCUT2D eigenvalue weighted by Gasteiger charge is -2.11. The van der Waals surface area contributed by atoms with Gasteiger partial charge in [-0.25, -0.2) is 9.19 Å². The van der Waals surface area contributed by atoms with Crippen LogP contribution in [0.3, 0.4) is 0 Å². The molecule has 4 aromatic rings. The molecule has 4 rings (SSSR count). The maximum absolute atomic E-state index is 12.8. The van der Waals surface area contributed by atoms with Crippen LogP contribution in [0.4, 0.5) is 11.5 Å². The number of hydrogen-bond donors (Lipinski definition) is 2.